The Morgan fingerprint density at radius 3 is 2.65 bits per heavy atom. The van der Waals surface area contributed by atoms with E-state index in [9.17, 15) is 4.79 Å². The van der Waals surface area contributed by atoms with Gasteiger partial charge in [0, 0.05) is 31.4 Å². The Balaban J connectivity index is 1.90. The number of nitrogens with zero attached hydrogens (tertiary/aromatic N) is 3. The zero-order valence-corrected chi connectivity index (χ0v) is 12.3. The lowest BCUT2D eigenvalue weighted by Gasteiger charge is -2.40. The van der Waals surface area contributed by atoms with Gasteiger partial charge in [0.1, 0.15) is 5.69 Å². The first-order valence-corrected chi connectivity index (χ1v) is 6.89. The molecule has 0 spiro atoms. The highest BCUT2D eigenvalue weighted by atomic mass is 16.5. The van der Waals surface area contributed by atoms with Gasteiger partial charge in [-0.15, -0.1) is 0 Å². The molecule has 0 bridgehead atoms. The Morgan fingerprint density at radius 2 is 2.05 bits per heavy atom. The lowest BCUT2D eigenvalue weighted by Crippen LogP contribution is -2.55. The van der Waals surface area contributed by atoms with Crippen molar-refractivity contribution in [3.63, 3.8) is 0 Å². The van der Waals surface area contributed by atoms with Gasteiger partial charge in [0.25, 0.3) is 5.91 Å². The van der Waals surface area contributed by atoms with Gasteiger partial charge >= 0.3 is 0 Å². The minimum atomic E-state index is -0.182. The van der Waals surface area contributed by atoms with Crippen LogP contribution in [0.1, 0.15) is 30.0 Å². The average Bonchev–Trinajstić information content (AvgIpc) is 2.46. The molecule has 1 N–H and O–H groups in total. The van der Waals surface area contributed by atoms with Crippen molar-refractivity contribution in [2.24, 2.45) is 0 Å². The highest BCUT2D eigenvalue weighted by molar-refractivity contribution is 5.91. The van der Waals surface area contributed by atoms with Crippen LogP contribution < -0.4 is 5.32 Å². The molecular formula is C14H22N4O2. The third-order valence-electron chi connectivity index (χ3n) is 3.56. The van der Waals surface area contributed by atoms with E-state index < -0.39 is 0 Å². The average molecular weight is 278 g/mol. The van der Waals surface area contributed by atoms with Crippen molar-refractivity contribution in [1.82, 2.24) is 20.2 Å². The van der Waals surface area contributed by atoms with Crippen molar-refractivity contribution in [3.05, 3.63) is 23.8 Å². The molecule has 20 heavy (non-hydrogen) atoms. The van der Waals surface area contributed by atoms with Gasteiger partial charge in [0.05, 0.1) is 25.1 Å². The molecule has 0 aromatic carbocycles. The van der Waals surface area contributed by atoms with Crippen molar-refractivity contribution in [1.29, 1.82) is 0 Å². The van der Waals surface area contributed by atoms with Gasteiger partial charge in [-0.1, -0.05) is 0 Å². The molecule has 6 heteroatoms. The number of aromatic nitrogens is 2. The summed E-state index contributed by atoms with van der Waals surface area (Å²) in [6.45, 7) is 9.96. The molecule has 1 aromatic rings. The maximum absolute atomic E-state index is 12.0. The Labute approximate surface area is 119 Å². The summed E-state index contributed by atoms with van der Waals surface area (Å²) < 4.78 is 5.35. The van der Waals surface area contributed by atoms with E-state index >= 15 is 0 Å². The molecule has 1 aromatic heterocycles. The van der Waals surface area contributed by atoms with Crippen LogP contribution in [0.4, 0.5) is 0 Å². The van der Waals surface area contributed by atoms with E-state index in [4.69, 9.17) is 4.74 Å². The van der Waals surface area contributed by atoms with E-state index in [1.54, 1.807) is 6.20 Å². The third kappa shape index (κ3) is 3.74. The number of carbonyl (C=O) groups excluding carboxylic acids is 1. The molecule has 1 aliphatic heterocycles. The van der Waals surface area contributed by atoms with Crippen LogP contribution in [-0.4, -0.2) is 59.2 Å². The quantitative estimate of drug-likeness (QED) is 0.875. The molecule has 1 fully saturated rings. The normalized spacial score (nSPS) is 16.9. The summed E-state index contributed by atoms with van der Waals surface area (Å²) in [5.74, 6) is -0.182. The minimum absolute atomic E-state index is 0.0996. The molecule has 0 unspecified atom stereocenters. The molecule has 0 radical (unpaired) electrons. The van der Waals surface area contributed by atoms with E-state index in [1.807, 2.05) is 6.92 Å². The van der Waals surface area contributed by atoms with Crippen LogP contribution in [0.3, 0.4) is 0 Å². The van der Waals surface area contributed by atoms with Gasteiger partial charge in [-0.25, -0.2) is 4.98 Å². The Kier molecular flexibility index (Phi) is 4.67. The van der Waals surface area contributed by atoms with Gasteiger partial charge in [-0.2, -0.15) is 0 Å². The summed E-state index contributed by atoms with van der Waals surface area (Å²) in [6, 6.07) is 0. The number of ether oxygens (including phenoxy) is 1. The molecule has 2 rings (SSSR count). The van der Waals surface area contributed by atoms with Gasteiger partial charge in [0.15, 0.2) is 0 Å². The summed E-state index contributed by atoms with van der Waals surface area (Å²) >= 11 is 0. The van der Waals surface area contributed by atoms with Crippen molar-refractivity contribution >= 4 is 5.91 Å². The smallest absolute Gasteiger partial charge is 0.271 e. The Hall–Kier alpha value is -1.53. The molecule has 2 heterocycles. The molecule has 1 saturated heterocycles. The minimum Gasteiger partial charge on any atom is -0.379 e. The fraction of sp³-hybridized carbons (Fsp3) is 0.643. The van der Waals surface area contributed by atoms with Crippen LogP contribution in [0.15, 0.2) is 12.4 Å². The number of morpholine rings is 1. The second-order valence-electron chi connectivity index (χ2n) is 5.64. The standard InChI is InChI=1S/C14H22N4O2/c1-11-8-16-12(9-15-11)13(19)17-10-14(2,3)18-4-6-20-7-5-18/h8-9H,4-7,10H2,1-3H3,(H,17,19). The SMILES string of the molecule is Cc1cnc(C(=O)NCC(C)(C)N2CCOCC2)cn1. The van der Waals surface area contributed by atoms with Crippen LogP contribution >= 0.6 is 0 Å². The van der Waals surface area contributed by atoms with Crippen LogP contribution in [0.25, 0.3) is 0 Å². The second-order valence-corrected chi connectivity index (χ2v) is 5.64. The molecule has 0 saturated carbocycles. The fourth-order valence-electron chi connectivity index (χ4n) is 2.18. The summed E-state index contributed by atoms with van der Waals surface area (Å²) in [5.41, 5.74) is 1.06. The predicted molar refractivity (Wildman–Crippen MR) is 75.6 cm³/mol. The number of hydrogen-bond donors (Lipinski definition) is 1. The largest absolute Gasteiger partial charge is 0.379 e. The molecule has 0 atom stereocenters. The predicted octanol–water partition coefficient (Wildman–Crippen LogP) is 0.626. The van der Waals surface area contributed by atoms with Crippen LogP contribution in [0.2, 0.25) is 0 Å². The number of aryl methyl sites for hydroxylation is 1. The van der Waals surface area contributed by atoms with E-state index in [-0.39, 0.29) is 11.4 Å². The number of amides is 1. The van der Waals surface area contributed by atoms with E-state index in [0.717, 1.165) is 32.0 Å². The van der Waals surface area contributed by atoms with Crippen LogP contribution in [-0.2, 0) is 4.74 Å². The maximum atomic E-state index is 12.0. The van der Waals surface area contributed by atoms with Crippen LogP contribution in [0, 0.1) is 6.92 Å². The third-order valence-corrected chi connectivity index (χ3v) is 3.56. The number of nitrogens with one attached hydrogen (secondary N) is 1. The first-order chi connectivity index (χ1) is 9.49. The summed E-state index contributed by atoms with van der Waals surface area (Å²) in [5, 5.41) is 2.93. The van der Waals surface area contributed by atoms with Crippen molar-refractivity contribution in [2.75, 3.05) is 32.8 Å². The molecule has 1 aliphatic rings. The highest BCUT2D eigenvalue weighted by Gasteiger charge is 2.28. The van der Waals surface area contributed by atoms with Crippen molar-refractivity contribution < 1.29 is 9.53 Å². The lowest BCUT2D eigenvalue weighted by molar-refractivity contribution is -0.00924. The highest BCUT2D eigenvalue weighted by Crippen LogP contribution is 2.15. The molecule has 110 valence electrons. The number of carbonyl (C=O) groups is 1. The van der Waals surface area contributed by atoms with Crippen molar-refractivity contribution in [2.45, 2.75) is 26.3 Å². The van der Waals surface area contributed by atoms with Gasteiger partial charge in [-0.3, -0.25) is 14.7 Å². The molecule has 6 nitrogen and oxygen atoms in total. The Bertz CT molecular complexity index is 453. The van der Waals surface area contributed by atoms with E-state index in [0.29, 0.717) is 12.2 Å². The number of hydrogen-bond acceptors (Lipinski definition) is 5. The first kappa shape index (κ1) is 14.9. The lowest BCUT2D eigenvalue weighted by atomic mass is 10.0. The van der Waals surface area contributed by atoms with Gasteiger partial charge < -0.3 is 10.1 Å². The van der Waals surface area contributed by atoms with Gasteiger partial charge in [-0.05, 0) is 20.8 Å². The van der Waals surface area contributed by atoms with E-state index in [1.165, 1.54) is 6.20 Å². The van der Waals surface area contributed by atoms with Crippen molar-refractivity contribution in [3.8, 4) is 0 Å². The van der Waals surface area contributed by atoms with Crippen LogP contribution in [0.5, 0.6) is 0 Å². The fourth-order valence-corrected chi connectivity index (χ4v) is 2.18. The molecule has 0 aliphatic carbocycles. The summed E-state index contributed by atoms with van der Waals surface area (Å²) in [4.78, 5) is 22.5. The topological polar surface area (TPSA) is 67.4 Å². The van der Waals surface area contributed by atoms with E-state index in [2.05, 4.69) is 34.0 Å². The van der Waals surface area contributed by atoms with Gasteiger partial charge in [0.2, 0.25) is 0 Å². The maximum Gasteiger partial charge on any atom is 0.271 e. The molecule has 1 amide bonds. The second kappa shape index (κ2) is 6.28. The monoisotopic (exact) mass is 278 g/mol. The Morgan fingerprint density at radius 1 is 1.35 bits per heavy atom. The number of rotatable bonds is 4. The zero-order valence-electron chi connectivity index (χ0n) is 12.3. The summed E-state index contributed by atoms with van der Waals surface area (Å²) in [6.07, 6.45) is 3.11. The molecular weight excluding hydrogens is 256 g/mol. The zero-order chi connectivity index (χ0) is 14.6. The summed E-state index contributed by atoms with van der Waals surface area (Å²) in [7, 11) is 0. The first-order valence-electron chi connectivity index (χ1n) is 6.89.